The summed E-state index contributed by atoms with van der Waals surface area (Å²) in [5, 5.41) is 13.1. The quantitative estimate of drug-likeness (QED) is 0.792. The summed E-state index contributed by atoms with van der Waals surface area (Å²) in [4.78, 5) is 12.8. The smallest absolute Gasteiger partial charge is 0.263 e. The van der Waals surface area contributed by atoms with Crippen molar-refractivity contribution in [3.8, 4) is 5.75 Å². The molecular formula is C15H20N2O3S. The van der Waals surface area contributed by atoms with E-state index < -0.39 is 6.10 Å². The van der Waals surface area contributed by atoms with Gasteiger partial charge in [0, 0.05) is 16.1 Å². The highest BCUT2D eigenvalue weighted by Crippen LogP contribution is 2.35. The van der Waals surface area contributed by atoms with Crippen LogP contribution >= 0.6 is 11.3 Å². The van der Waals surface area contributed by atoms with Gasteiger partial charge in [-0.2, -0.15) is 0 Å². The number of benzene rings is 1. The molecule has 0 saturated heterocycles. The number of methoxy groups -OCH3 is 1. The van der Waals surface area contributed by atoms with Crippen molar-refractivity contribution in [2.24, 2.45) is 0 Å². The second-order valence-electron chi connectivity index (χ2n) is 5.17. The third-order valence-corrected chi connectivity index (χ3v) is 4.38. The molecule has 0 saturated carbocycles. The van der Waals surface area contributed by atoms with Gasteiger partial charge in [0.1, 0.15) is 10.6 Å². The lowest BCUT2D eigenvalue weighted by Gasteiger charge is -2.14. The molecule has 2 rings (SSSR count). The zero-order chi connectivity index (χ0) is 15.6. The Kier molecular flexibility index (Phi) is 4.69. The molecule has 4 N–H and O–H groups in total. The number of ether oxygens (including phenoxy) is 1. The average molecular weight is 308 g/mol. The first kappa shape index (κ1) is 15.6. The number of nitrogens with one attached hydrogen (secondary N) is 1. The van der Waals surface area contributed by atoms with Crippen LogP contribution in [0.3, 0.4) is 0 Å². The van der Waals surface area contributed by atoms with E-state index in [4.69, 9.17) is 10.5 Å². The minimum absolute atomic E-state index is 0.114. The average Bonchev–Trinajstić information content (AvgIpc) is 2.74. The first-order valence-electron chi connectivity index (χ1n) is 6.77. The summed E-state index contributed by atoms with van der Waals surface area (Å²) in [5.74, 6) is 0.527. The Bertz CT molecular complexity index is 652. The van der Waals surface area contributed by atoms with Gasteiger partial charge < -0.3 is 20.9 Å². The summed E-state index contributed by atoms with van der Waals surface area (Å²) in [5.41, 5.74) is 6.55. The van der Waals surface area contributed by atoms with Gasteiger partial charge in [-0.1, -0.05) is 0 Å². The van der Waals surface area contributed by atoms with Crippen LogP contribution in [0.2, 0.25) is 0 Å². The maximum Gasteiger partial charge on any atom is 0.263 e. The van der Waals surface area contributed by atoms with Gasteiger partial charge in [-0.3, -0.25) is 4.79 Å². The van der Waals surface area contributed by atoms with Gasteiger partial charge in [0.05, 0.1) is 18.9 Å². The van der Waals surface area contributed by atoms with E-state index in [2.05, 4.69) is 5.32 Å². The lowest BCUT2D eigenvalue weighted by molar-refractivity contribution is 0.0928. The minimum atomic E-state index is -0.454. The minimum Gasteiger partial charge on any atom is -0.497 e. The number of hydrogen-bond donors (Lipinski definition) is 3. The van der Waals surface area contributed by atoms with Crippen molar-refractivity contribution in [1.82, 2.24) is 5.32 Å². The van der Waals surface area contributed by atoms with Gasteiger partial charge in [-0.25, -0.2) is 0 Å². The van der Waals surface area contributed by atoms with Gasteiger partial charge in [-0.15, -0.1) is 11.3 Å². The second-order valence-corrected chi connectivity index (χ2v) is 6.22. The lowest BCUT2D eigenvalue weighted by Crippen LogP contribution is -2.34. The Morgan fingerprint density at radius 1 is 1.48 bits per heavy atom. The first-order chi connectivity index (χ1) is 9.92. The highest BCUT2D eigenvalue weighted by atomic mass is 32.1. The number of nitrogens with two attached hydrogens (primary N) is 1. The number of amides is 1. The SMILES string of the molecule is COc1ccc2c(N)c(C(=O)NC(C)CC(C)O)sc2c1. The molecule has 1 amide bonds. The molecule has 1 aromatic heterocycles. The Balaban J connectivity index is 2.25. The molecule has 0 aliphatic rings. The number of thiophene rings is 1. The van der Waals surface area contributed by atoms with Crippen LogP contribution in [-0.4, -0.2) is 30.3 Å². The summed E-state index contributed by atoms with van der Waals surface area (Å²) in [6, 6.07) is 5.43. The molecule has 0 radical (unpaired) electrons. The monoisotopic (exact) mass is 308 g/mol. The Hall–Kier alpha value is -1.79. The molecule has 0 fully saturated rings. The Morgan fingerprint density at radius 3 is 2.81 bits per heavy atom. The van der Waals surface area contributed by atoms with Gasteiger partial charge in [-0.05, 0) is 38.5 Å². The molecule has 0 bridgehead atoms. The maximum absolute atomic E-state index is 12.3. The number of aliphatic hydroxyl groups is 1. The fourth-order valence-corrected chi connectivity index (χ4v) is 3.31. The summed E-state index contributed by atoms with van der Waals surface area (Å²) in [6.45, 7) is 3.56. The first-order valence-corrected chi connectivity index (χ1v) is 7.59. The van der Waals surface area contributed by atoms with E-state index in [1.807, 2.05) is 25.1 Å². The molecule has 5 nitrogen and oxygen atoms in total. The zero-order valence-corrected chi connectivity index (χ0v) is 13.2. The summed E-state index contributed by atoms with van der Waals surface area (Å²) >= 11 is 1.34. The zero-order valence-electron chi connectivity index (χ0n) is 12.3. The summed E-state index contributed by atoms with van der Waals surface area (Å²) < 4.78 is 6.09. The molecular weight excluding hydrogens is 288 g/mol. The van der Waals surface area contributed by atoms with Gasteiger partial charge in [0.15, 0.2) is 0 Å². The highest BCUT2D eigenvalue weighted by molar-refractivity contribution is 7.21. The molecule has 114 valence electrons. The van der Waals surface area contributed by atoms with Crippen molar-refractivity contribution in [2.45, 2.75) is 32.4 Å². The maximum atomic E-state index is 12.3. The summed E-state index contributed by atoms with van der Waals surface area (Å²) in [6.07, 6.45) is 0.0500. The van der Waals surface area contributed by atoms with Crippen molar-refractivity contribution in [3.05, 3.63) is 23.1 Å². The van der Waals surface area contributed by atoms with Crippen LogP contribution < -0.4 is 15.8 Å². The molecule has 21 heavy (non-hydrogen) atoms. The Morgan fingerprint density at radius 2 is 2.19 bits per heavy atom. The van der Waals surface area contributed by atoms with E-state index in [9.17, 15) is 9.90 Å². The number of hydrogen-bond acceptors (Lipinski definition) is 5. The number of aliphatic hydroxyl groups excluding tert-OH is 1. The standard InChI is InChI=1S/C15H20N2O3S/c1-8(6-9(2)18)17-15(19)14-13(16)11-5-4-10(20-3)7-12(11)21-14/h4-5,7-9,18H,6,16H2,1-3H3,(H,17,19). The lowest BCUT2D eigenvalue weighted by atomic mass is 10.1. The predicted molar refractivity (Wildman–Crippen MR) is 86.0 cm³/mol. The van der Waals surface area contributed by atoms with E-state index in [0.29, 0.717) is 17.0 Å². The van der Waals surface area contributed by atoms with Crippen LogP contribution in [0.5, 0.6) is 5.75 Å². The van der Waals surface area contributed by atoms with Gasteiger partial charge in [0.2, 0.25) is 0 Å². The molecule has 1 heterocycles. The fourth-order valence-electron chi connectivity index (χ4n) is 2.25. The third-order valence-electron chi connectivity index (χ3n) is 3.21. The molecule has 6 heteroatoms. The van der Waals surface area contributed by atoms with E-state index in [1.54, 1.807) is 14.0 Å². The molecule has 2 aromatic rings. The van der Waals surface area contributed by atoms with Crippen molar-refractivity contribution in [2.75, 3.05) is 12.8 Å². The van der Waals surface area contributed by atoms with E-state index in [1.165, 1.54) is 11.3 Å². The van der Waals surface area contributed by atoms with E-state index in [0.717, 1.165) is 15.8 Å². The van der Waals surface area contributed by atoms with Crippen molar-refractivity contribution in [3.63, 3.8) is 0 Å². The normalized spacial score (nSPS) is 13.9. The van der Waals surface area contributed by atoms with Crippen LogP contribution in [0.15, 0.2) is 18.2 Å². The molecule has 0 spiro atoms. The molecule has 1 aromatic carbocycles. The van der Waals surface area contributed by atoms with Crippen molar-refractivity contribution >= 4 is 33.0 Å². The van der Waals surface area contributed by atoms with E-state index >= 15 is 0 Å². The van der Waals surface area contributed by atoms with Crippen LogP contribution in [-0.2, 0) is 0 Å². The predicted octanol–water partition coefficient (Wildman–Crippen LogP) is 2.38. The van der Waals surface area contributed by atoms with Crippen LogP contribution in [0, 0.1) is 0 Å². The topological polar surface area (TPSA) is 84.6 Å². The number of anilines is 1. The number of carbonyl (C=O) groups excluding carboxylic acids is 1. The van der Waals surface area contributed by atoms with Gasteiger partial charge >= 0.3 is 0 Å². The number of rotatable bonds is 5. The molecule has 2 unspecified atom stereocenters. The highest BCUT2D eigenvalue weighted by Gasteiger charge is 2.18. The van der Waals surface area contributed by atoms with Crippen molar-refractivity contribution < 1.29 is 14.6 Å². The second kappa shape index (κ2) is 6.32. The number of fused-ring (bicyclic) bond motifs is 1. The summed E-state index contributed by atoms with van der Waals surface area (Å²) in [7, 11) is 1.60. The molecule has 2 atom stereocenters. The third kappa shape index (κ3) is 3.46. The van der Waals surface area contributed by atoms with Crippen LogP contribution in [0.4, 0.5) is 5.69 Å². The van der Waals surface area contributed by atoms with Crippen LogP contribution in [0.1, 0.15) is 29.9 Å². The molecule has 0 aliphatic heterocycles. The number of carbonyl (C=O) groups is 1. The molecule has 0 aliphatic carbocycles. The van der Waals surface area contributed by atoms with Crippen LogP contribution in [0.25, 0.3) is 10.1 Å². The number of nitrogen functional groups attached to an aromatic ring is 1. The van der Waals surface area contributed by atoms with Crippen molar-refractivity contribution in [1.29, 1.82) is 0 Å². The Labute approximate surface area is 127 Å². The largest absolute Gasteiger partial charge is 0.497 e. The van der Waals surface area contributed by atoms with Gasteiger partial charge in [0.25, 0.3) is 5.91 Å². The van der Waals surface area contributed by atoms with E-state index in [-0.39, 0.29) is 11.9 Å². The fraction of sp³-hybridized carbons (Fsp3) is 0.400.